The highest BCUT2D eigenvalue weighted by Crippen LogP contribution is 2.12. The first-order valence-corrected chi connectivity index (χ1v) is 7.00. The molecule has 0 amide bonds. The van der Waals surface area contributed by atoms with E-state index in [0.717, 1.165) is 18.8 Å². The van der Waals surface area contributed by atoms with Crippen molar-refractivity contribution in [2.45, 2.75) is 20.0 Å². The fourth-order valence-corrected chi connectivity index (χ4v) is 2.14. The number of aromatic nitrogens is 3. The van der Waals surface area contributed by atoms with Crippen molar-refractivity contribution in [2.75, 3.05) is 5.32 Å². The van der Waals surface area contributed by atoms with Gasteiger partial charge in [0.25, 0.3) is 0 Å². The molecule has 0 saturated carbocycles. The Morgan fingerprint density at radius 1 is 0.952 bits per heavy atom. The Hall–Kier alpha value is -2.62. The Kier molecular flexibility index (Phi) is 3.96. The van der Waals surface area contributed by atoms with Crippen LogP contribution in [0.5, 0.6) is 0 Å². The van der Waals surface area contributed by atoms with E-state index in [4.69, 9.17) is 0 Å². The molecular weight excluding hydrogens is 260 g/mol. The van der Waals surface area contributed by atoms with Crippen LogP contribution in [0.15, 0.2) is 61.2 Å². The van der Waals surface area contributed by atoms with Crippen molar-refractivity contribution in [3.8, 4) is 0 Å². The van der Waals surface area contributed by atoms with E-state index in [0.29, 0.717) is 0 Å². The molecule has 0 fully saturated rings. The molecule has 3 aromatic rings. The van der Waals surface area contributed by atoms with Crippen molar-refractivity contribution >= 4 is 5.69 Å². The highest BCUT2D eigenvalue weighted by molar-refractivity contribution is 5.45. The molecule has 0 atom stereocenters. The Balaban J connectivity index is 1.58. The summed E-state index contributed by atoms with van der Waals surface area (Å²) in [6.07, 6.45) is 3.28. The summed E-state index contributed by atoms with van der Waals surface area (Å²) in [5, 5.41) is 7.54. The number of anilines is 1. The normalized spacial score (nSPS) is 10.5. The van der Waals surface area contributed by atoms with Crippen molar-refractivity contribution in [1.82, 2.24) is 14.8 Å². The number of hydrogen-bond donors (Lipinski definition) is 1. The standard InChI is InChI=1S/C17H18N4/c1-14-2-4-15(5-3-14)10-19-17-8-6-16(7-9-17)11-21-13-18-12-20-21/h2-9,12-13,19H,10-11H2,1H3. The number of rotatable bonds is 5. The van der Waals surface area contributed by atoms with Gasteiger partial charge in [-0.25, -0.2) is 9.67 Å². The van der Waals surface area contributed by atoms with Gasteiger partial charge in [-0.05, 0) is 30.2 Å². The molecule has 4 heteroatoms. The van der Waals surface area contributed by atoms with Crippen LogP contribution in [0.25, 0.3) is 0 Å². The van der Waals surface area contributed by atoms with E-state index < -0.39 is 0 Å². The topological polar surface area (TPSA) is 42.7 Å². The molecule has 2 aromatic carbocycles. The van der Waals surface area contributed by atoms with Crippen LogP contribution < -0.4 is 5.32 Å². The minimum Gasteiger partial charge on any atom is -0.381 e. The molecule has 1 N–H and O–H groups in total. The largest absolute Gasteiger partial charge is 0.381 e. The van der Waals surface area contributed by atoms with Gasteiger partial charge in [0, 0.05) is 12.2 Å². The maximum atomic E-state index is 4.11. The number of benzene rings is 2. The monoisotopic (exact) mass is 278 g/mol. The maximum absolute atomic E-state index is 4.11. The molecule has 1 heterocycles. The third-order valence-corrected chi connectivity index (χ3v) is 3.38. The van der Waals surface area contributed by atoms with Gasteiger partial charge in [0.15, 0.2) is 0 Å². The summed E-state index contributed by atoms with van der Waals surface area (Å²) in [4.78, 5) is 3.94. The van der Waals surface area contributed by atoms with Crippen LogP contribution in [0.2, 0.25) is 0 Å². The molecule has 0 aliphatic heterocycles. The highest BCUT2D eigenvalue weighted by Gasteiger charge is 1.97. The summed E-state index contributed by atoms with van der Waals surface area (Å²) in [5.74, 6) is 0. The summed E-state index contributed by atoms with van der Waals surface area (Å²) in [6, 6.07) is 17.0. The minimum absolute atomic E-state index is 0.748. The summed E-state index contributed by atoms with van der Waals surface area (Å²) in [5.41, 5.74) is 4.91. The molecule has 3 rings (SSSR count). The highest BCUT2D eigenvalue weighted by atomic mass is 15.3. The molecule has 0 bridgehead atoms. The lowest BCUT2D eigenvalue weighted by atomic mass is 10.1. The molecule has 0 saturated heterocycles. The van der Waals surface area contributed by atoms with Gasteiger partial charge < -0.3 is 5.32 Å². The van der Waals surface area contributed by atoms with E-state index in [-0.39, 0.29) is 0 Å². The van der Waals surface area contributed by atoms with Crippen molar-refractivity contribution in [2.24, 2.45) is 0 Å². The lowest BCUT2D eigenvalue weighted by molar-refractivity contribution is 0.685. The van der Waals surface area contributed by atoms with Crippen molar-refractivity contribution in [1.29, 1.82) is 0 Å². The van der Waals surface area contributed by atoms with Crippen molar-refractivity contribution < 1.29 is 0 Å². The second kappa shape index (κ2) is 6.22. The number of nitrogens with zero attached hydrogens (tertiary/aromatic N) is 3. The zero-order chi connectivity index (χ0) is 14.5. The molecule has 1 aromatic heterocycles. The van der Waals surface area contributed by atoms with Crippen molar-refractivity contribution in [3.05, 3.63) is 77.9 Å². The zero-order valence-corrected chi connectivity index (χ0v) is 12.0. The lowest BCUT2D eigenvalue weighted by Gasteiger charge is -2.08. The first kappa shape index (κ1) is 13.4. The fraction of sp³-hybridized carbons (Fsp3) is 0.176. The molecule has 0 spiro atoms. The second-order valence-corrected chi connectivity index (χ2v) is 5.13. The molecule has 0 unspecified atom stereocenters. The van der Waals surface area contributed by atoms with Gasteiger partial charge in [0.05, 0.1) is 6.54 Å². The molecular formula is C17H18N4. The molecule has 0 aliphatic carbocycles. The third-order valence-electron chi connectivity index (χ3n) is 3.38. The Labute approximate surface area is 124 Å². The van der Waals surface area contributed by atoms with E-state index in [1.54, 1.807) is 12.7 Å². The molecule has 0 radical (unpaired) electrons. The second-order valence-electron chi connectivity index (χ2n) is 5.13. The quantitative estimate of drug-likeness (QED) is 0.779. The van der Waals surface area contributed by atoms with E-state index in [2.05, 4.69) is 70.9 Å². The van der Waals surface area contributed by atoms with E-state index >= 15 is 0 Å². The van der Waals surface area contributed by atoms with Crippen LogP contribution in [-0.2, 0) is 13.1 Å². The molecule has 21 heavy (non-hydrogen) atoms. The van der Waals surface area contributed by atoms with Gasteiger partial charge >= 0.3 is 0 Å². The van der Waals surface area contributed by atoms with Gasteiger partial charge in [-0.2, -0.15) is 5.10 Å². The third kappa shape index (κ3) is 3.69. The van der Waals surface area contributed by atoms with Gasteiger partial charge in [-0.3, -0.25) is 0 Å². The Bertz CT molecular complexity index is 670. The maximum Gasteiger partial charge on any atom is 0.137 e. The molecule has 106 valence electrons. The average Bonchev–Trinajstić information content (AvgIpc) is 3.01. The Morgan fingerprint density at radius 2 is 1.67 bits per heavy atom. The summed E-state index contributed by atoms with van der Waals surface area (Å²) >= 11 is 0. The van der Waals surface area contributed by atoms with Crippen LogP contribution >= 0.6 is 0 Å². The van der Waals surface area contributed by atoms with Crippen LogP contribution in [-0.4, -0.2) is 14.8 Å². The minimum atomic E-state index is 0.748. The van der Waals surface area contributed by atoms with E-state index in [9.17, 15) is 0 Å². The summed E-state index contributed by atoms with van der Waals surface area (Å²) in [6.45, 7) is 3.69. The van der Waals surface area contributed by atoms with Gasteiger partial charge in [-0.15, -0.1) is 0 Å². The van der Waals surface area contributed by atoms with Gasteiger partial charge in [-0.1, -0.05) is 42.0 Å². The van der Waals surface area contributed by atoms with Crippen LogP contribution in [0.4, 0.5) is 5.69 Å². The van der Waals surface area contributed by atoms with Crippen LogP contribution in [0, 0.1) is 6.92 Å². The summed E-state index contributed by atoms with van der Waals surface area (Å²) in [7, 11) is 0. The van der Waals surface area contributed by atoms with Crippen LogP contribution in [0.1, 0.15) is 16.7 Å². The number of nitrogens with one attached hydrogen (secondary N) is 1. The van der Waals surface area contributed by atoms with Gasteiger partial charge in [0.1, 0.15) is 12.7 Å². The van der Waals surface area contributed by atoms with Crippen molar-refractivity contribution in [3.63, 3.8) is 0 Å². The predicted molar refractivity (Wildman–Crippen MR) is 84.1 cm³/mol. The average molecular weight is 278 g/mol. The lowest BCUT2D eigenvalue weighted by Crippen LogP contribution is -2.01. The SMILES string of the molecule is Cc1ccc(CNc2ccc(Cn3cncn3)cc2)cc1. The van der Waals surface area contributed by atoms with Crippen LogP contribution in [0.3, 0.4) is 0 Å². The molecule has 0 aliphatic rings. The number of hydrogen-bond acceptors (Lipinski definition) is 3. The first-order valence-electron chi connectivity index (χ1n) is 7.00. The Morgan fingerprint density at radius 3 is 2.33 bits per heavy atom. The molecule has 4 nitrogen and oxygen atoms in total. The van der Waals surface area contributed by atoms with E-state index in [1.807, 2.05) is 4.68 Å². The zero-order valence-electron chi connectivity index (χ0n) is 12.0. The van der Waals surface area contributed by atoms with Gasteiger partial charge in [0.2, 0.25) is 0 Å². The smallest absolute Gasteiger partial charge is 0.137 e. The fourth-order valence-electron chi connectivity index (χ4n) is 2.14. The number of aryl methyl sites for hydroxylation is 1. The van der Waals surface area contributed by atoms with E-state index in [1.165, 1.54) is 16.7 Å². The predicted octanol–water partition coefficient (Wildman–Crippen LogP) is 3.25. The summed E-state index contributed by atoms with van der Waals surface area (Å²) < 4.78 is 1.81. The first-order chi connectivity index (χ1) is 10.3.